The molecule has 0 aromatic rings. The number of methoxy groups -OCH3 is 1. The fourth-order valence-electron chi connectivity index (χ4n) is 1.69. The maximum Gasteiger partial charge on any atom is 0.240 e. The molecule has 0 saturated carbocycles. The van der Waals surface area contributed by atoms with Crippen LogP contribution in [0.1, 0.15) is 27.2 Å². The molecule has 4 nitrogen and oxygen atoms in total. The zero-order chi connectivity index (χ0) is 11.6. The van der Waals surface area contributed by atoms with E-state index in [9.17, 15) is 4.79 Å². The Hall–Kier alpha value is -0.320. The van der Waals surface area contributed by atoms with E-state index in [-0.39, 0.29) is 29.8 Å². The molecule has 1 amide bonds. The average Bonchev–Trinajstić information content (AvgIpc) is 2.62. The number of nitrogens with zero attached hydrogens (tertiary/aromatic N) is 1. The highest BCUT2D eigenvalue weighted by Gasteiger charge is 2.34. The highest BCUT2D eigenvalue weighted by Crippen LogP contribution is 2.21. The van der Waals surface area contributed by atoms with Gasteiger partial charge in [-0.2, -0.15) is 0 Å². The molecule has 1 aliphatic rings. The SMILES string of the molecule is CO[C@@H]1CCN(C(=O)[C@@H](N)C(C)(C)C)C1.Cl. The molecule has 0 unspecified atom stereocenters. The van der Waals surface area contributed by atoms with Crippen LogP contribution in [-0.2, 0) is 9.53 Å². The van der Waals surface area contributed by atoms with Crippen molar-refractivity contribution >= 4 is 18.3 Å². The van der Waals surface area contributed by atoms with E-state index < -0.39 is 6.04 Å². The Morgan fingerprint density at radius 1 is 1.50 bits per heavy atom. The molecule has 1 heterocycles. The monoisotopic (exact) mass is 250 g/mol. The van der Waals surface area contributed by atoms with Gasteiger partial charge in [0.1, 0.15) is 0 Å². The van der Waals surface area contributed by atoms with Crippen molar-refractivity contribution in [3.63, 3.8) is 0 Å². The van der Waals surface area contributed by atoms with E-state index >= 15 is 0 Å². The number of hydrogen-bond donors (Lipinski definition) is 1. The third kappa shape index (κ3) is 3.61. The Labute approximate surface area is 104 Å². The number of carbonyl (C=O) groups excluding carboxylic acids is 1. The van der Waals surface area contributed by atoms with Crippen molar-refractivity contribution in [1.29, 1.82) is 0 Å². The lowest BCUT2D eigenvalue weighted by atomic mass is 9.86. The molecule has 2 atom stereocenters. The Kier molecular flexibility index (Phi) is 5.73. The number of nitrogens with two attached hydrogens (primary N) is 1. The van der Waals surface area contributed by atoms with Gasteiger partial charge >= 0.3 is 0 Å². The summed E-state index contributed by atoms with van der Waals surface area (Å²) in [4.78, 5) is 13.8. The number of amides is 1. The standard InChI is InChI=1S/C11H22N2O2.ClH/c1-11(2,3)9(12)10(14)13-6-5-8(7-13)15-4;/h8-9H,5-7,12H2,1-4H3;1H/t8-,9-;/m1./s1. The van der Waals surface area contributed by atoms with Crippen LogP contribution in [0.15, 0.2) is 0 Å². The number of rotatable bonds is 2. The highest BCUT2D eigenvalue weighted by molar-refractivity contribution is 5.85. The zero-order valence-corrected chi connectivity index (χ0v) is 11.3. The molecule has 0 aliphatic carbocycles. The molecule has 2 N–H and O–H groups in total. The van der Waals surface area contributed by atoms with Crippen molar-refractivity contribution in [2.24, 2.45) is 11.1 Å². The van der Waals surface area contributed by atoms with Crippen molar-refractivity contribution in [3.8, 4) is 0 Å². The first-order valence-electron chi connectivity index (χ1n) is 5.43. The van der Waals surface area contributed by atoms with Gasteiger partial charge in [0, 0.05) is 20.2 Å². The Morgan fingerprint density at radius 2 is 2.06 bits per heavy atom. The molecule has 0 aromatic carbocycles. The van der Waals surface area contributed by atoms with E-state index in [0.717, 1.165) is 13.0 Å². The van der Waals surface area contributed by atoms with Crippen LogP contribution in [-0.4, -0.2) is 43.2 Å². The Bertz CT molecular complexity index is 241. The molecule has 0 bridgehead atoms. The Morgan fingerprint density at radius 3 is 2.44 bits per heavy atom. The van der Waals surface area contributed by atoms with Crippen molar-refractivity contribution in [3.05, 3.63) is 0 Å². The van der Waals surface area contributed by atoms with E-state index in [1.807, 2.05) is 25.7 Å². The van der Waals surface area contributed by atoms with Crippen LogP contribution >= 0.6 is 12.4 Å². The van der Waals surface area contributed by atoms with Gasteiger partial charge in [-0.15, -0.1) is 12.4 Å². The van der Waals surface area contributed by atoms with Gasteiger partial charge in [-0.3, -0.25) is 4.79 Å². The van der Waals surface area contributed by atoms with E-state index in [2.05, 4.69) is 0 Å². The van der Waals surface area contributed by atoms with Crippen LogP contribution in [0.25, 0.3) is 0 Å². The molecule has 1 fully saturated rings. The minimum absolute atomic E-state index is 0. The maximum atomic E-state index is 12.0. The lowest BCUT2D eigenvalue weighted by Crippen LogP contribution is -2.49. The summed E-state index contributed by atoms with van der Waals surface area (Å²) >= 11 is 0. The molecule has 5 heteroatoms. The second-order valence-electron chi connectivity index (χ2n) is 5.27. The van der Waals surface area contributed by atoms with Crippen molar-refractivity contribution < 1.29 is 9.53 Å². The summed E-state index contributed by atoms with van der Waals surface area (Å²) < 4.78 is 5.22. The molecule has 1 aliphatic heterocycles. The summed E-state index contributed by atoms with van der Waals surface area (Å²) in [6, 6.07) is -0.423. The smallest absolute Gasteiger partial charge is 0.240 e. The van der Waals surface area contributed by atoms with Crippen LogP contribution in [0.4, 0.5) is 0 Å². The van der Waals surface area contributed by atoms with Crippen LogP contribution in [0.5, 0.6) is 0 Å². The highest BCUT2D eigenvalue weighted by atomic mass is 35.5. The van der Waals surface area contributed by atoms with Gasteiger partial charge in [0.15, 0.2) is 0 Å². The predicted octanol–water partition coefficient (Wildman–Crippen LogP) is 1.03. The number of halogens is 1. The molecular formula is C11H23ClN2O2. The molecule has 1 saturated heterocycles. The van der Waals surface area contributed by atoms with Crippen molar-refractivity contribution in [2.75, 3.05) is 20.2 Å². The van der Waals surface area contributed by atoms with E-state index in [1.54, 1.807) is 7.11 Å². The topological polar surface area (TPSA) is 55.6 Å². The van der Waals surface area contributed by atoms with Crippen molar-refractivity contribution in [2.45, 2.75) is 39.3 Å². The molecule has 0 aromatic heterocycles. The van der Waals surface area contributed by atoms with Gasteiger partial charge in [0.05, 0.1) is 12.1 Å². The predicted molar refractivity (Wildman–Crippen MR) is 66.7 cm³/mol. The molecular weight excluding hydrogens is 228 g/mol. The van der Waals surface area contributed by atoms with E-state index in [1.165, 1.54) is 0 Å². The number of ether oxygens (including phenoxy) is 1. The summed E-state index contributed by atoms with van der Waals surface area (Å²) in [5, 5.41) is 0. The summed E-state index contributed by atoms with van der Waals surface area (Å²) in [7, 11) is 1.68. The van der Waals surface area contributed by atoms with Gasteiger partial charge in [0.25, 0.3) is 0 Å². The molecule has 0 radical (unpaired) electrons. The fraction of sp³-hybridized carbons (Fsp3) is 0.909. The molecule has 96 valence electrons. The first-order valence-corrected chi connectivity index (χ1v) is 5.43. The summed E-state index contributed by atoms with van der Waals surface area (Å²) in [6.07, 6.45) is 1.10. The lowest BCUT2D eigenvalue weighted by molar-refractivity contribution is -0.134. The van der Waals surface area contributed by atoms with Gasteiger partial charge in [0.2, 0.25) is 5.91 Å². The van der Waals surface area contributed by atoms with Crippen LogP contribution in [0, 0.1) is 5.41 Å². The first kappa shape index (κ1) is 15.7. The van der Waals surface area contributed by atoms with E-state index in [4.69, 9.17) is 10.5 Å². The van der Waals surface area contributed by atoms with Crippen molar-refractivity contribution in [1.82, 2.24) is 4.90 Å². The first-order chi connectivity index (χ1) is 6.86. The van der Waals surface area contributed by atoms with Gasteiger partial charge in [-0.1, -0.05) is 20.8 Å². The minimum atomic E-state index is -0.423. The third-order valence-electron chi connectivity index (χ3n) is 2.99. The largest absolute Gasteiger partial charge is 0.380 e. The summed E-state index contributed by atoms with van der Waals surface area (Å²) in [5.74, 6) is 0.0436. The normalized spacial score (nSPS) is 22.8. The second kappa shape index (κ2) is 5.84. The fourth-order valence-corrected chi connectivity index (χ4v) is 1.69. The number of hydrogen-bond acceptors (Lipinski definition) is 3. The minimum Gasteiger partial charge on any atom is -0.380 e. The van der Waals surface area contributed by atoms with E-state index in [0.29, 0.717) is 6.54 Å². The summed E-state index contributed by atoms with van der Waals surface area (Å²) in [5.41, 5.74) is 5.75. The zero-order valence-electron chi connectivity index (χ0n) is 10.5. The average molecular weight is 251 g/mol. The third-order valence-corrected chi connectivity index (χ3v) is 2.99. The van der Waals surface area contributed by atoms with Gasteiger partial charge in [-0.25, -0.2) is 0 Å². The summed E-state index contributed by atoms with van der Waals surface area (Å²) in [6.45, 7) is 7.40. The maximum absolute atomic E-state index is 12.0. The van der Waals surface area contributed by atoms with Crippen LogP contribution < -0.4 is 5.73 Å². The Balaban J connectivity index is 0.00000225. The van der Waals surface area contributed by atoms with Gasteiger partial charge < -0.3 is 15.4 Å². The second-order valence-corrected chi connectivity index (χ2v) is 5.27. The van der Waals surface area contributed by atoms with Crippen LogP contribution in [0.2, 0.25) is 0 Å². The molecule has 16 heavy (non-hydrogen) atoms. The lowest BCUT2D eigenvalue weighted by Gasteiger charge is -2.29. The molecule has 1 rings (SSSR count). The van der Waals surface area contributed by atoms with Gasteiger partial charge in [-0.05, 0) is 11.8 Å². The number of carbonyl (C=O) groups is 1. The quantitative estimate of drug-likeness (QED) is 0.797. The number of likely N-dealkylation sites (tertiary alicyclic amines) is 1. The molecule has 0 spiro atoms. The van der Waals surface area contributed by atoms with Crippen LogP contribution in [0.3, 0.4) is 0 Å².